The summed E-state index contributed by atoms with van der Waals surface area (Å²) in [6.07, 6.45) is 3.92. The number of nitrogens with one attached hydrogen (secondary N) is 1. The Hall–Kier alpha value is 0.400. The van der Waals surface area contributed by atoms with Crippen LogP contribution in [0.25, 0.3) is 0 Å². The van der Waals surface area contributed by atoms with E-state index in [0.717, 1.165) is 6.04 Å². The second-order valence-corrected chi connectivity index (χ2v) is 6.08. The molecule has 3 heteroatoms. The maximum Gasteiger partial charge on any atom is 0.0801 e. The molecule has 0 spiro atoms. The Bertz CT molecular complexity index is 202. The molecule has 1 saturated heterocycles. The number of quaternary nitrogens is 1. The first-order valence-corrected chi connectivity index (χ1v) is 7.09. The van der Waals surface area contributed by atoms with Crippen molar-refractivity contribution in [2.45, 2.75) is 65.5 Å². The lowest BCUT2D eigenvalue weighted by Crippen LogP contribution is -3.00. The van der Waals surface area contributed by atoms with Gasteiger partial charge in [0.25, 0.3) is 0 Å². The zero-order chi connectivity index (χ0) is 12.2. The first kappa shape index (κ1) is 17.4. The first-order chi connectivity index (χ1) is 7.47. The van der Waals surface area contributed by atoms with Crippen molar-refractivity contribution in [1.29, 1.82) is 0 Å². The van der Waals surface area contributed by atoms with E-state index in [9.17, 15) is 0 Å². The van der Waals surface area contributed by atoms with Crippen LogP contribution in [0.1, 0.15) is 53.9 Å². The Kier molecular flexibility index (Phi) is 7.27. The minimum atomic E-state index is 0. The molecule has 0 saturated carbocycles. The summed E-state index contributed by atoms with van der Waals surface area (Å²) < 4.78 is 1.34. The van der Waals surface area contributed by atoms with Crippen molar-refractivity contribution in [3.05, 3.63) is 0 Å². The van der Waals surface area contributed by atoms with E-state index in [4.69, 9.17) is 0 Å². The van der Waals surface area contributed by atoms with Crippen LogP contribution in [0.15, 0.2) is 0 Å². The summed E-state index contributed by atoms with van der Waals surface area (Å²) >= 11 is 0. The van der Waals surface area contributed by atoms with Crippen LogP contribution in [0.2, 0.25) is 0 Å². The number of rotatable bonds is 5. The molecule has 0 unspecified atom stereocenters. The van der Waals surface area contributed by atoms with Gasteiger partial charge in [0.15, 0.2) is 0 Å². The number of hydrogen-bond acceptors (Lipinski definition) is 1. The van der Waals surface area contributed by atoms with E-state index in [1.807, 2.05) is 0 Å². The van der Waals surface area contributed by atoms with Crippen LogP contribution in [0, 0.1) is 0 Å². The van der Waals surface area contributed by atoms with E-state index in [-0.39, 0.29) is 17.0 Å². The molecule has 0 aromatic rings. The first-order valence-electron chi connectivity index (χ1n) is 7.09. The highest BCUT2D eigenvalue weighted by Crippen LogP contribution is 2.21. The second-order valence-electron chi connectivity index (χ2n) is 6.08. The topological polar surface area (TPSA) is 12.0 Å². The minimum absolute atomic E-state index is 0. The smallest absolute Gasteiger partial charge is 0.0801 e. The third-order valence-electron chi connectivity index (χ3n) is 4.72. The van der Waals surface area contributed by atoms with Crippen molar-refractivity contribution in [3.63, 3.8) is 0 Å². The fourth-order valence-electron chi connectivity index (χ4n) is 2.77. The molecule has 2 nitrogen and oxygen atoms in total. The van der Waals surface area contributed by atoms with Crippen LogP contribution in [-0.2, 0) is 0 Å². The summed E-state index contributed by atoms with van der Waals surface area (Å²) in [5.74, 6) is 0. The summed E-state index contributed by atoms with van der Waals surface area (Å²) in [5, 5.41) is 3.82. The molecule has 1 aliphatic heterocycles. The maximum atomic E-state index is 3.82. The quantitative estimate of drug-likeness (QED) is 0.693. The molecule has 17 heavy (non-hydrogen) atoms. The second kappa shape index (κ2) is 7.10. The number of nitrogens with zero attached hydrogens (tertiary/aromatic N) is 1. The molecule has 0 aliphatic carbocycles. The highest BCUT2D eigenvalue weighted by Gasteiger charge is 2.32. The number of likely N-dealkylation sites (tertiary alicyclic amines) is 1. The van der Waals surface area contributed by atoms with Crippen molar-refractivity contribution >= 4 is 0 Å². The molecule has 0 bridgehead atoms. The van der Waals surface area contributed by atoms with Crippen molar-refractivity contribution < 1.29 is 21.5 Å². The van der Waals surface area contributed by atoms with Gasteiger partial charge < -0.3 is 26.8 Å². The normalized spacial score (nSPS) is 21.0. The molecule has 0 aromatic heterocycles. The van der Waals surface area contributed by atoms with Gasteiger partial charge in [-0.2, -0.15) is 0 Å². The highest BCUT2D eigenvalue weighted by molar-refractivity contribution is 4.82. The van der Waals surface area contributed by atoms with Gasteiger partial charge in [-0.1, -0.05) is 6.92 Å². The van der Waals surface area contributed by atoms with Gasteiger partial charge in [-0.3, -0.25) is 0 Å². The maximum absolute atomic E-state index is 3.82. The van der Waals surface area contributed by atoms with Crippen LogP contribution in [0.5, 0.6) is 0 Å². The van der Waals surface area contributed by atoms with E-state index < -0.39 is 0 Å². The number of hydrogen-bond donors (Lipinski definition) is 1. The van der Waals surface area contributed by atoms with E-state index >= 15 is 0 Å². The molecule has 0 amide bonds. The standard InChI is InChI=1S/C14H31N2.BrH/c1-6-14(4,5)15-13-9-11-16(7-2,8-3)12-10-13;/h13,15H,6-12H2,1-5H3;1H/q+1;/p-1. The van der Waals surface area contributed by atoms with E-state index in [1.165, 1.54) is 49.9 Å². The van der Waals surface area contributed by atoms with Gasteiger partial charge in [-0.25, -0.2) is 0 Å². The summed E-state index contributed by atoms with van der Waals surface area (Å²) in [6.45, 7) is 16.9. The molecule has 0 aromatic carbocycles. The van der Waals surface area contributed by atoms with Crippen molar-refractivity contribution in [2.24, 2.45) is 0 Å². The van der Waals surface area contributed by atoms with Crippen molar-refractivity contribution in [2.75, 3.05) is 26.2 Å². The van der Waals surface area contributed by atoms with Crippen LogP contribution in [0.3, 0.4) is 0 Å². The molecular weight excluding hydrogens is 276 g/mol. The lowest BCUT2D eigenvalue weighted by Gasteiger charge is -2.44. The summed E-state index contributed by atoms with van der Waals surface area (Å²) in [7, 11) is 0. The number of halogens is 1. The minimum Gasteiger partial charge on any atom is -1.00 e. The predicted molar refractivity (Wildman–Crippen MR) is 71.6 cm³/mol. The number of piperidine rings is 1. The predicted octanol–water partition coefficient (Wildman–Crippen LogP) is -0.212. The molecule has 0 radical (unpaired) electrons. The van der Waals surface area contributed by atoms with Crippen LogP contribution in [-0.4, -0.2) is 42.2 Å². The lowest BCUT2D eigenvalue weighted by atomic mass is 9.95. The Morgan fingerprint density at radius 2 is 1.53 bits per heavy atom. The van der Waals surface area contributed by atoms with Crippen LogP contribution >= 0.6 is 0 Å². The van der Waals surface area contributed by atoms with Gasteiger partial charge in [-0.15, -0.1) is 0 Å². The Balaban J connectivity index is 0.00000256. The highest BCUT2D eigenvalue weighted by atomic mass is 79.9. The fourth-order valence-corrected chi connectivity index (χ4v) is 2.77. The molecule has 1 fully saturated rings. The third-order valence-corrected chi connectivity index (χ3v) is 4.72. The van der Waals surface area contributed by atoms with Gasteiger partial charge in [0.1, 0.15) is 0 Å². The Morgan fingerprint density at radius 3 is 1.88 bits per heavy atom. The van der Waals surface area contributed by atoms with Crippen LogP contribution in [0.4, 0.5) is 0 Å². The lowest BCUT2D eigenvalue weighted by molar-refractivity contribution is -0.929. The third kappa shape index (κ3) is 4.88. The SMILES string of the molecule is CCC(C)(C)NC1CC[N+](CC)(CC)CC1.[Br-]. The molecule has 0 atom stereocenters. The molecule has 1 N–H and O–H groups in total. The zero-order valence-corrected chi connectivity index (χ0v) is 13.9. The summed E-state index contributed by atoms with van der Waals surface area (Å²) in [6, 6.07) is 0.749. The Labute approximate surface area is 119 Å². The van der Waals surface area contributed by atoms with Crippen LogP contribution < -0.4 is 22.3 Å². The molecule has 1 aliphatic rings. The largest absolute Gasteiger partial charge is 1.00 e. The summed E-state index contributed by atoms with van der Waals surface area (Å²) in [5.41, 5.74) is 0.316. The van der Waals surface area contributed by atoms with Gasteiger partial charge in [0.05, 0.1) is 26.2 Å². The molecular formula is C14H31BrN2. The average Bonchev–Trinajstić information content (AvgIpc) is 2.30. The molecule has 104 valence electrons. The monoisotopic (exact) mass is 306 g/mol. The van der Waals surface area contributed by atoms with E-state index in [0.29, 0.717) is 5.54 Å². The van der Waals surface area contributed by atoms with Gasteiger partial charge >= 0.3 is 0 Å². The Morgan fingerprint density at radius 1 is 1.06 bits per heavy atom. The fraction of sp³-hybridized carbons (Fsp3) is 1.00. The van der Waals surface area contributed by atoms with Crippen molar-refractivity contribution in [3.8, 4) is 0 Å². The van der Waals surface area contributed by atoms with Gasteiger partial charge in [-0.05, 0) is 34.1 Å². The molecule has 1 rings (SSSR count). The van der Waals surface area contributed by atoms with E-state index in [1.54, 1.807) is 0 Å². The van der Waals surface area contributed by atoms with Gasteiger partial charge in [0, 0.05) is 24.4 Å². The average molecular weight is 307 g/mol. The van der Waals surface area contributed by atoms with Gasteiger partial charge in [0.2, 0.25) is 0 Å². The van der Waals surface area contributed by atoms with E-state index in [2.05, 4.69) is 39.9 Å². The van der Waals surface area contributed by atoms with Crippen molar-refractivity contribution in [1.82, 2.24) is 5.32 Å². The summed E-state index contributed by atoms with van der Waals surface area (Å²) in [4.78, 5) is 0. The molecule has 1 heterocycles. The zero-order valence-electron chi connectivity index (χ0n) is 12.4.